The van der Waals surface area contributed by atoms with E-state index in [1.807, 2.05) is 0 Å². The third kappa shape index (κ3) is 2.57. The molecule has 70 valence electrons. The Labute approximate surface area is 79.4 Å². The minimum absolute atomic E-state index is 0.00159. The number of aliphatic imine (C=N–C) groups is 1. The van der Waals surface area contributed by atoms with Gasteiger partial charge in [-0.25, -0.2) is 15.2 Å². The first-order valence-electron chi connectivity index (χ1n) is 3.39. The van der Waals surface area contributed by atoms with Crippen molar-refractivity contribution in [2.75, 3.05) is 0 Å². The summed E-state index contributed by atoms with van der Waals surface area (Å²) < 4.78 is 12.8. The monoisotopic (exact) mass is 202 g/mol. The number of hydrogen-bond acceptors (Lipinski definition) is 2. The van der Waals surface area contributed by atoms with E-state index in [9.17, 15) is 4.39 Å². The lowest BCUT2D eigenvalue weighted by atomic mass is 10.3. The van der Waals surface area contributed by atoms with Gasteiger partial charge in [0.1, 0.15) is 5.82 Å². The molecule has 0 aliphatic heterocycles. The second-order valence-electron chi connectivity index (χ2n) is 2.24. The van der Waals surface area contributed by atoms with Gasteiger partial charge in [0.25, 0.3) is 0 Å². The van der Waals surface area contributed by atoms with Crippen LogP contribution in [0.2, 0.25) is 5.02 Å². The summed E-state index contributed by atoms with van der Waals surface area (Å²) in [5, 5.41) is 0.0400. The van der Waals surface area contributed by atoms with Crippen LogP contribution in [0.5, 0.6) is 0 Å². The minimum atomic E-state index is -0.548. The number of hydrazine groups is 1. The lowest BCUT2D eigenvalue weighted by Crippen LogP contribution is -2.36. The molecule has 0 bridgehead atoms. The second-order valence-corrected chi connectivity index (χ2v) is 2.65. The van der Waals surface area contributed by atoms with Crippen LogP contribution in [-0.2, 0) is 0 Å². The quantitative estimate of drug-likeness (QED) is 0.274. The van der Waals surface area contributed by atoms with E-state index in [0.29, 0.717) is 5.69 Å². The lowest BCUT2D eigenvalue weighted by molar-refractivity contribution is 0.628. The highest BCUT2D eigenvalue weighted by molar-refractivity contribution is 6.30. The molecule has 0 aliphatic carbocycles. The van der Waals surface area contributed by atoms with Crippen LogP contribution in [0.25, 0.3) is 0 Å². The molecular weight excluding hydrogens is 195 g/mol. The summed E-state index contributed by atoms with van der Waals surface area (Å²) in [6.07, 6.45) is 0. The Bertz CT molecular complexity index is 339. The average molecular weight is 203 g/mol. The van der Waals surface area contributed by atoms with Crippen molar-refractivity contribution in [3.8, 4) is 0 Å². The molecule has 0 saturated carbocycles. The van der Waals surface area contributed by atoms with Crippen LogP contribution in [0.15, 0.2) is 23.2 Å². The molecule has 6 heteroatoms. The Kier molecular flexibility index (Phi) is 3.05. The summed E-state index contributed by atoms with van der Waals surface area (Å²) in [5.74, 6) is 4.42. The Morgan fingerprint density at radius 3 is 2.77 bits per heavy atom. The molecule has 0 atom stereocenters. The van der Waals surface area contributed by atoms with Crippen LogP contribution in [-0.4, -0.2) is 5.96 Å². The number of benzene rings is 1. The Balaban J connectivity index is 2.98. The molecule has 0 aromatic heterocycles. The smallest absolute Gasteiger partial charge is 0.208 e. The maximum atomic E-state index is 12.8. The van der Waals surface area contributed by atoms with Gasteiger partial charge in [0.05, 0.1) is 10.7 Å². The number of nitrogens with zero attached hydrogens (tertiary/aromatic N) is 1. The fraction of sp³-hybridized carbons (Fsp3) is 0. The van der Waals surface area contributed by atoms with E-state index in [-0.39, 0.29) is 11.0 Å². The van der Waals surface area contributed by atoms with Crippen LogP contribution >= 0.6 is 11.6 Å². The van der Waals surface area contributed by atoms with Gasteiger partial charge in [-0.1, -0.05) is 11.6 Å². The predicted molar refractivity (Wildman–Crippen MR) is 50.0 cm³/mol. The molecule has 0 spiro atoms. The zero-order valence-corrected chi connectivity index (χ0v) is 7.35. The van der Waals surface area contributed by atoms with Crippen molar-refractivity contribution in [2.45, 2.75) is 0 Å². The number of halogens is 2. The highest BCUT2D eigenvalue weighted by Gasteiger charge is 1.99. The lowest BCUT2D eigenvalue weighted by Gasteiger charge is -1.99. The van der Waals surface area contributed by atoms with Crippen LogP contribution in [0, 0.1) is 5.82 Å². The molecule has 4 nitrogen and oxygen atoms in total. The zero-order chi connectivity index (χ0) is 9.84. The van der Waals surface area contributed by atoms with Crippen LogP contribution in [0.1, 0.15) is 0 Å². The van der Waals surface area contributed by atoms with E-state index in [1.54, 1.807) is 0 Å². The molecule has 0 unspecified atom stereocenters. The first-order chi connectivity index (χ1) is 6.13. The van der Waals surface area contributed by atoms with E-state index in [1.165, 1.54) is 12.1 Å². The number of hydrogen-bond donors (Lipinski definition) is 3. The van der Waals surface area contributed by atoms with Crippen molar-refractivity contribution in [3.05, 3.63) is 29.0 Å². The van der Waals surface area contributed by atoms with E-state index in [2.05, 4.69) is 10.4 Å². The van der Waals surface area contributed by atoms with Gasteiger partial charge in [-0.05, 0) is 12.1 Å². The maximum Gasteiger partial charge on any atom is 0.208 e. The van der Waals surface area contributed by atoms with Crippen molar-refractivity contribution >= 4 is 23.2 Å². The second kappa shape index (κ2) is 4.06. The van der Waals surface area contributed by atoms with Gasteiger partial charge in [-0.2, -0.15) is 0 Å². The van der Waals surface area contributed by atoms with Gasteiger partial charge in [0, 0.05) is 6.07 Å². The highest BCUT2D eigenvalue weighted by Crippen LogP contribution is 2.20. The molecule has 5 N–H and O–H groups in total. The molecule has 0 aliphatic rings. The van der Waals surface area contributed by atoms with Crippen LogP contribution in [0.4, 0.5) is 10.1 Å². The predicted octanol–water partition coefficient (Wildman–Crippen LogP) is 0.889. The molecule has 0 amide bonds. The average Bonchev–Trinajstić information content (AvgIpc) is 2.11. The first-order valence-corrected chi connectivity index (χ1v) is 3.77. The molecule has 0 fully saturated rings. The van der Waals surface area contributed by atoms with Gasteiger partial charge in [0.15, 0.2) is 0 Å². The fourth-order valence-corrected chi connectivity index (χ4v) is 0.843. The van der Waals surface area contributed by atoms with Crippen LogP contribution in [0.3, 0.4) is 0 Å². The summed E-state index contributed by atoms with van der Waals surface area (Å²) in [4.78, 5) is 3.74. The number of guanidine groups is 1. The molecule has 1 rings (SSSR count). The normalized spacial score (nSPS) is 11.5. The van der Waals surface area contributed by atoms with Crippen molar-refractivity contribution in [2.24, 2.45) is 16.6 Å². The standard InChI is InChI=1S/C7H8ClFN4/c8-5-2-1-4(3-6(5)9)12-7(10)13-11/h1-3H,11H2,(H3,10,12,13). The molecule has 0 radical (unpaired) electrons. The molecule has 0 saturated heterocycles. The molecule has 1 aromatic carbocycles. The minimum Gasteiger partial charge on any atom is -0.369 e. The number of rotatable bonds is 1. The summed E-state index contributed by atoms with van der Waals surface area (Å²) >= 11 is 5.46. The van der Waals surface area contributed by atoms with Crippen LogP contribution < -0.4 is 17.0 Å². The van der Waals surface area contributed by atoms with Crippen molar-refractivity contribution in [1.82, 2.24) is 5.43 Å². The summed E-state index contributed by atoms with van der Waals surface area (Å²) in [7, 11) is 0. The van der Waals surface area contributed by atoms with Gasteiger partial charge in [-0.15, -0.1) is 0 Å². The van der Waals surface area contributed by atoms with E-state index in [0.717, 1.165) is 6.07 Å². The summed E-state index contributed by atoms with van der Waals surface area (Å²) in [6.45, 7) is 0. The van der Waals surface area contributed by atoms with Crippen molar-refractivity contribution < 1.29 is 4.39 Å². The molecule has 13 heavy (non-hydrogen) atoms. The first kappa shape index (κ1) is 9.76. The van der Waals surface area contributed by atoms with Gasteiger partial charge in [0.2, 0.25) is 5.96 Å². The van der Waals surface area contributed by atoms with Gasteiger partial charge < -0.3 is 5.73 Å². The van der Waals surface area contributed by atoms with E-state index < -0.39 is 5.82 Å². The zero-order valence-electron chi connectivity index (χ0n) is 6.59. The topological polar surface area (TPSA) is 76.4 Å². The fourth-order valence-electron chi connectivity index (χ4n) is 0.726. The van der Waals surface area contributed by atoms with E-state index >= 15 is 0 Å². The SMILES string of the molecule is NNC(N)=Nc1ccc(Cl)c(F)c1. The summed E-state index contributed by atoms with van der Waals surface area (Å²) in [5.41, 5.74) is 7.72. The summed E-state index contributed by atoms with van der Waals surface area (Å²) in [6, 6.07) is 4.07. The highest BCUT2D eigenvalue weighted by atomic mass is 35.5. The molecule has 1 aromatic rings. The largest absolute Gasteiger partial charge is 0.369 e. The Hall–Kier alpha value is -1.33. The number of nitrogens with two attached hydrogens (primary N) is 2. The molecular formula is C7H8ClFN4. The van der Waals surface area contributed by atoms with Gasteiger partial charge in [-0.3, -0.25) is 5.43 Å². The third-order valence-corrected chi connectivity index (χ3v) is 1.61. The Morgan fingerprint density at radius 1 is 1.54 bits per heavy atom. The van der Waals surface area contributed by atoms with Crippen molar-refractivity contribution in [1.29, 1.82) is 0 Å². The number of nitrogens with one attached hydrogen (secondary N) is 1. The Morgan fingerprint density at radius 2 is 2.23 bits per heavy atom. The van der Waals surface area contributed by atoms with Gasteiger partial charge >= 0.3 is 0 Å². The molecule has 0 heterocycles. The maximum absolute atomic E-state index is 12.8. The third-order valence-electron chi connectivity index (χ3n) is 1.30. The van der Waals surface area contributed by atoms with Crippen molar-refractivity contribution in [3.63, 3.8) is 0 Å². The van der Waals surface area contributed by atoms with E-state index in [4.69, 9.17) is 23.2 Å².